The lowest BCUT2D eigenvalue weighted by molar-refractivity contribution is 0.109. The van der Waals surface area contributed by atoms with E-state index in [2.05, 4.69) is 30.1 Å². The fraction of sp³-hybridized carbons (Fsp3) is 0.647. The summed E-state index contributed by atoms with van der Waals surface area (Å²) >= 11 is 0. The van der Waals surface area contributed by atoms with Crippen LogP contribution in [0.5, 0.6) is 11.5 Å². The monoisotopic (exact) mass is 292 g/mol. The van der Waals surface area contributed by atoms with Gasteiger partial charge in [0.05, 0.1) is 20.3 Å². The molecule has 1 aromatic carbocycles. The van der Waals surface area contributed by atoms with Crippen molar-refractivity contribution in [3.05, 3.63) is 23.8 Å². The molecule has 1 aliphatic rings. The van der Waals surface area contributed by atoms with Crippen LogP contribution in [0.3, 0.4) is 0 Å². The van der Waals surface area contributed by atoms with Crippen molar-refractivity contribution in [3.8, 4) is 11.5 Å². The third-order valence-corrected chi connectivity index (χ3v) is 4.66. The summed E-state index contributed by atoms with van der Waals surface area (Å²) in [6.07, 6.45) is 2.57. The van der Waals surface area contributed by atoms with Gasteiger partial charge in [-0.2, -0.15) is 0 Å². The Bertz CT molecular complexity index is 468. The minimum atomic E-state index is 0.0187. The first-order valence-corrected chi connectivity index (χ1v) is 7.68. The van der Waals surface area contributed by atoms with Gasteiger partial charge in [-0.25, -0.2) is 0 Å². The van der Waals surface area contributed by atoms with Crippen molar-refractivity contribution in [3.63, 3.8) is 0 Å². The van der Waals surface area contributed by atoms with Crippen molar-refractivity contribution in [1.82, 2.24) is 10.2 Å². The molecule has 4 nitrogen and oxygen atoms in total. The molecule has 1 aliphatic heterocycles. The number of benzene rings is 1. The Balaban J connectivity index is 2.39. The summed E-state index contributed by atoms with van der Waals surface area (Å²) in [7, 11) is 5.44. The van der Waals surface area contributed by atoms with Crippen LogP contribution in [-0.4, -0.2) is 44.8 Å². The molecule has 0 amide bonds. The largest absolute Gasteiger partial charge is 0.497 e. The first-order valence-electron chi connectivity index (χ1n) is 7.68. The normalized spacial score (nSPS) is 17.8. The van der Waals surface area contributed by atoms with Crippen LogP contribution in [0.25, 0.3) is 0 Å². The summed E-state index contributed by atoms with van der Waals surface area (Å²) in [6, 6.07) is 6.19. The lowest BCUT2D eigenvalue weighted by Gasteiger charge is -2.42. The summed E-state index contributed by atoms with van der Waals surface area (Å²) in [6.45, 7) is 6.94. The zero-order valence-corrected chi connectivity index (χ0v) is 13.9. The predicted octanol–water partition coefficient (Wildman–Crippen LogP) is 2.84. The summed E-state index contributed by atoms with van der Waals surface area (Å²) in [5.74, 6) is 1.77. The molecule has 0 bridgehead atoms. The Hall–Kier alpha value is -1.26. The number of likely N-dealkylation sites (tertiary alicyclic amines) is 1. The standard InChI is InChI=1S/C17H28N2O2/c1-17(2,19-10-6-7-11-19)16(18-3)14-12-13(20-4)8-9-15(14)21-5/h8-9,12,16,18H,6-7,10-11H2,1-5H3. The number of ether oxygens (including phenoxy) is 2. The van der Waals surface area contributed by atoms with Crippen LogP contribution >= 0.6 is 0 Å². The van der Waals surface area contributed by atoms with Crippen LogP contribution in [0.2, 0.25) is 0 Å². The number of hydrogen-bond acceptors (Lipinski definition) is 4. The second-order valence-electron chi connectivity index (χ2n) is 6.18. The molecule has 2 rings (SSSR count). The maximum atomic E-state index is 5.57. The molecule has 0 spiro atoms. The summed E-state index contributed by atoms with van der Waals surface area (Å²) in [4.78, 5) is 2.56. The van der Waals surface area contributed by atoms with E-state index in [1.807, 2.05) is 19.2 Å². The van der Waals surface area contributed by atoms with Gasteiger partial charge in [0.2, 0.25) is 0 Å². The van der Waals surface area contributed by atoms with E-state index in [1.54, 1.807) is 14.2 Å². The molecule has 118 valence electrons. The number of hydrogen-bond donors (Lipinski definition) is 1. The van der Waals surface area contributed by atoms with Crippen LogP contribution in [0.15, 0.2) is 18.2 Å². The van der Waals surface area contributed by atoms with E-state index in [-0.39, 0.29) is 11.6 Å². The van der Waals surface area contributed by atoms with Crippen molar-refractivity contribution in [2.45, 2.75) is 38.3 Å². The number of nitrogens with one attached hydrogen (secondary N) is 1. The van der Waals surface area contributed by atoms with Crippen LogP contribution < -0.4 is 14.8 Å². The van der Waals surface area contributed by atoms with Gasteiger partial charge in [-0.1, -0.05) is 0 Å². The molecule has 0 saturated carbocycles. The highest BCUT2D eigenvalue weighted by Crippen LogP contribution is 2.38. The molecule has 1 fully saturated rings. The molecule has 1 saturated heterocycles. The van der Waals surface area contributed by atoms with Crippen molar-refractivity contribution in [1.29, 1.82) is 0 Å². The van der Waals surface area contributed by atoms with Gasteiger partial charge in [-0.3, -0.25) is 4.90 Å². The Labute approximate surface area is 128 Å². The number of methoxy groups -OCH3 is 2. The molecule has 1 unspecified atom stereocenters. The summed E-state index contributed by atoms with van der Waals surface area (Å²) < 4.78 is 11.0. The summed E-state index contributed by atoms with van der Waals surface area (Å²) in [5, 5.41) is 3.48. The maximum absolute atomic E-state index is 5.57. The average Bonchev–Trinajstić information content (AvgIpc) is 3.02. The SMILES string of the molecule is CNC(c1cc(OC)ccc1OC)C(C)(C)N1CCCC1. The van der Waals surface area contributed by atoms with E-state index in [9.17, 15) is 0 Å². The van der Waals surface area contributed by atoms with E-state index in [0.717, 1.165) is 30.2 Å². The highest BCUT2D eigenvalue weighted by atomic mass is 16.5. The van der Waals surface area contributed by atoms with Gasteiger partial charge in [-0.05, 0) is 65.0 Å². The molecule has 21 heavy (non-hydrogen) atoms. The van der Waals surface area contributed by atoms with Gasteiger partial charge in [0.25, 0.3) is 0 Å². The van der Waals surface area contributed by atoms with Gasteiger partial charge in [0.1, 0.15) is 11.5 Å². The van der Waals surface area contributed by atoms with Gasteiger partial charge >= 0.3 is 0 Å². The molecule has 4 heteroatoms. The molecule has 0 aliphatic carbocycles. The molecule has 1 atom stereocenters. The first kappa shape index (κ1) is 16.1. The Morgan fingerprint density at radius 2 is 1.81 bits per heavy atom. The third-order valence-electron chi connectivity index (χ3n) is 4.66. The van der Waals surface area contributed by atoms with E-state index in [1.165, 1.54) is 12.8 Å². The maximum Gasteiger partial charge on any atom is 0.123 e. The zero-order valence-electron chi connectivity index (χ0n) is 13.9. The second kappa shape index (κ2) is 6.67. The van der Waals surface area contributed by atoms with Gasteiger partial charge in [0, 0.05) is 11.1 Å². The molecular weight excluding hydrogens is 264 g/mol. The van der Waals surface area contributed by atoms with E-state index >= 15 is 0 Å². The zero-order chi connectivity index (χ0) is 15.5. The highest BCUT2D eigenvalue weighted by Gasteiger charge is 2.38. The second-order valence-corrected chi connectivity index (χ2v) is 6.18. The first-order chi connectivity index (χ1) is 10.0. The van der Waals surface area contributed by atoms with Crippen LogP contribution in [-0.2, 0) is 0 Å². The fourth-order valence-electron chi connectivity index (χ4n) is 3.43. The van der Waals surface area contributed by atoms with E-state index in [0.29, 0.717) is 0 Å². The molecular formula is C17H28N2O2. The predicted molar refractivity (Wildman–Crippen MR) is 86.2 cm³/mol. The van der Waals surface area contributed by atoms with Crippen molar-refractivity contribution < 1.29 is 9.47 Å². The minimum Gasteiger partial charge on any atom is -0.497 e. The smallest absolute Gasteiger partial charge is 0.123 e. The van der Waals surface area contributed by atoms with Gasteiger partial charge < -0.3 is 14.8 Å². The molecule has 0 radical (unpaired) electrons. The minimum absolute atomic E-state index is 0.0187. The topological polar surface area (TPSA) is 33.7 Å². The van der Waals surface area contributed by atoms with Crippen LogP contribution in [0.1, 0.15) is 38.3 Å². The van der Waals surface area contributed by atoms with Crippen molar-refractivity contribution >= 4 is 0 Å². The van der Waals surface area contributed by atoms with E-state index in [4.69, 9.17) is 9.47 Å². The number of rotatable bonds is 6. The summed E-state index contributed by atoms with van der Waals surface area (Å²) in [5.41, 5.74) is 1.17. The highest BCUT2D eigenvalue weighted by molar-refractivity contribution is 5.43. The lowest BCUT2D eigenvalue weighted by Crippen LogP contribution is -2.50. The van der Waals surface area contributed by atoms with Crippen molar-refractivity contribution in [2.24, 2.45) is 0 Å². The Kier molecular flexibility index (Phi) is 5.12. The van der Waals surface area contributed by atoms with Gasteiger partial charge in [-0.15, -0.1) is 0 Å². The van der Waals surface area contributed by atoms with Crippen LogP contribution in [0, 0.1) is 0 Å². The third kappa shape index (κ3) is 3.16. The average molecular weight is 292 g/mol. The number of likely N-dealkylation sites (N-methyl/N-ethyl adjacent to an activating group) is 1. The van der Waals surface area contributed by atoms with Crippen molar-refractivity contribution in [2.75, 3.05) is 34.4 Å². The van der Waals surface area contributed by atoms with Gasteiger partial charge in [0.15, 0.2) is 0 Å². The van der Waals surface area contributed by atoms with E-state index < -0.39 is 0 Å². The fourth-order valence-corrected chi connectivity index (χ4v) is 3.43. The molecule has 0 aromatic heterocycles. The lowest BCUT2D eigenvalue weighted by atomic mass is 9.86. The molecule has 1 aromatic rings. The Morgan fingerprint density at radius 1 is 1.14 bits per heavy atom. The Morgan fingerprint density at radius 3 is 2.33 bits per heavy atom. The number of nitrogens with zero attached hydrogens (tertiary/aromatic N) is 1. The molecule has 1 N–H and O–H groups in total. The quantitative estimate of drug-likeness (QED) is 0.874. The molecule has 1 heterocycles. The van der Waals surface area contributed by atoms with Crippen LogP contribution in [0.4, 0.5) is 0 Å².